The molecule has 3 rings (SSSR count). The molecule has 7 nitrogen and oxygen atoms in total. The third kappa shape index (κ3) is 5.71. The lowest BCUT2D eigenvalue weighted by atomic mass is 10.2. The van der Waals surface area contributed by atoms with Gasteiger partial charge in [-0.25, -0.2) is 8.42 Å². The molecular weight excluding hydrogens is 380 g/mol. The number of hydrogen-bond acceptors (Lipinski definition) is 5. The number of hydrogen-bond donors (Lipinski definition) is 1. The number of nitrogens with zero attached hydrogens (tertiary/aromatic N) is 1. The normalized spacial score (nSPS) is 16.5. The Hall–Kier alpha value is -2.58. The van der Waals surface area contributed by atoms with Crippen molar-refractivity contribution in [2.45, 2.75) is 18.9 Å². The molecule has 0 radical (unpaired) electrons. The fourth-order valence-electron chi connectivity index (χ4n) is 2.92. The first-order valence-corrected chi connectivity index (χ1v) is 11.0. The van der Waals surface area contributed by atoms with Gasteiger partial charge in [0.1, 0.15) is 18.0 Å². The van der Waals surface area contributed by atoms with E-state index in [1.54, 1.807) is 24.3 Å². The van der Waals surface area contributed by atoms with E-state index in [0.29, 0.717) is 30.3 Å². The maximum atomic E-state index is 12.2. The Morgan fingerprint density at radius 2 is 1.82 bits per heavy atom. The highest BCUT2D eigenvalue weighted by molar-refractivity contribution is 7.92. The van der Waals surface area contributed by atoms with E-state index >= 15 is 0 Å². The summed E-state index contributed by atoms with van der Waals surface area (Å²) in [5.74, 6) is 0.889. The van der Waals surface area contributed by atoms with Crippen molar-refractivity contribution in [3.8, 4) is 11.5 Å². The average Bonchev–Trinajstić information content (AvgIpc) is 3.19. The van der Waals surface area contributed by atoms with Gasteiger partial charge < -0.3 is 14.8 Å². The van der Waals surface area contributed by atoms with Gasteiger partial charge in [0, 0.05) is 13.2 Å². The Balaban J connectivity index is 1.64. The molecule has 2 aromatic rings. The van der Waals surface area contributed by atoms with E-state index < -0.39 is 10.0 Å². The van der Waals surface area contributed by atoms with Crippen LogP contribution in [0.3, 0.4) is 0 Å². The largest absolute Gasteiger partial charge is 0.457 e. The van der Waals surface area contributed by atoms with Crippen LogP contribution in [0.5, 0.6) is 11.5 Å². The number of carbonyl (C=O) groups excluding carboxylic acids is 1. The molecule has 2 aromatic carbocycles. The van der Waals surface area contributed by atoms with Crippen LogP contribution in [0.25, 0.3) is 0 Å². The van der Waals surface area contributed by atoms with Gasteiger partial charge in [-0.3, -0.25) is 9.10 Å². The second-order valence-corrected chi connectivity index (χ2v) is 8.52. The number of benzene rings is 2. The van der Waals surface area contributed by atoms with Gasteiger partial charge in [-0.1, -0.05) is 18.2 Å². The van der Waals surface area contributed by atoms with Crippen LogP contribution in [-0.2, 0) is 19.6 Å². The van der Waals surface area contributed by atoms with Crippen molar-refractivity contribution in [1.29, 1.82) is 0 Å². The van der Waals surface area contributed by atoms with Crippen molar-refractivity contribution >= 4 is 21.6 Å². The zero-order chi connectivity index (χ0) is 20.0. The molecule has 28 heavy (non-hydrogen) atoms. The summed E-state index contributed by atoms with van der Waals surface area (Å²) in [6, 6.07) is 15.9. The summed E-state index contributed by atoms with van der Waals surface area (Å²) < 4.78 is 36.6. The smallest absolute Gasteiger partial charge is 0.240 e. The van der Waals surface area contributed by atoms with Crippen LogP contribution >= 0.6 is 0 Å². The Morgan fingerprint density at radius 1 is 1.14 bits per heavy atom. The molecule has 1 fully saturated rings. The van der Waals surface area contributed by atoms with E-state index in [0.717, 1.165) is 23.4 Å². The van der Waals surface area contributed by atoms with E-state index in [-0.39, 0.29) is 18.6 Å². The highest BCUT2D eigenvalue weighted by Gasteiger charge is 2.22. The summed E-state index contributed by atoms with van der Waals surface area (Å²) in [7, 11) is -3.62. The highest BCUT2D eigenvalue weighted by atomic mass is 32.2. The monoisotopic (exact) mass is 404 g/mol. The molecule has 0 unspecified atom stereocenters. The second-order valence-electron chi connectivity index (χ2n) is 6.62. The Kier molecular flexibility index (Phi) is 6.53. The molecule has 8 heteroatoms. The second kappa shape index (κ2) is 9.07. The van der Waals surface area contributed by atoms with Gasteiger partial charge in [0.2, 0.25) is 15.9 Å². The predicted octanol–water partition coefficient (Wildman–Crippen LogP) is 2.54. The van der Waals surface area contributed by atoms with Gasteiger partial charge in [-0.05, 0) is 49.2 Å². The van der Waals surface area contributed by atoms with Crippen molar-refractivity contribution in [2.24, 2.45) is 0 Å². The topological polar surface area (TPSA) is 84.9 Å². The minimum absolute atomic E-state index is 0.00468. The maximum absolute atomic E-state index is 12.2. The molecule has 1 heterocycles. The van der Waals surface area contributed by atoms with Crippen molar-refractivity contribution in [1.82, 2.24) is 5.32 Å². The molecule has 1 saturated heterocycles. The number of nitrogens with one attached hydrogen (secondary N) is 1. The summed E-state index contributed by atoms with van der Waals surface area (Å²) in [6.45, 7) is 0.804. The fraction of sp³-hybridized carbons (Fsp3) is 0.350. The van der Waals surface area contributed by atoms with E-state index in [4.69, 9.17) is 9.47 Å². The molecule has 1 aliphatic rings. The molecule has 0 bridgehead atoms. The van der Waals surface area contributed by atoms with Crippen LogP contribution in [0.2, 0.25) is 0 Å². The number of rotatable bonds is 8. The molecule has 0 spiro atoms. The number of amides is 1. The minimum atomic E-state index is -3.62. The highest BCUT2D eigenvalue weighted by Crippen LogP contribution is 2.25. The lowest BCUT2D eigenvalue weighted by Crippen LogP contribution is -2.42. The van der Waals surface area contributed by atoms with Gasteiger partial charge in [0.25, 0.3) is 0 Å². The molecule has 1 atom stereocenters. The lowest BCUT2D eigenvalue weighted by molar-refractivity contribution is -0.120. The van der Waals surface area contributed by atoms with Crippen molar-refractivity contribution in [3.05, 3.63) is 54.6 Å². The zero-order valence-electron chi connectivity index (χ0n) is 15.7. The van der Waals surface area contributed by atoms with E-state index in [1.165, 1.54) is 0 Å². The predicted molar refractivity (Wildman–Crippen MR) is 107 cm³/mol. The fourth-order valence-corrected chi connectivity index (χ4v) is 3.78. The van der Waals surface area contributed by atoms with Crippen molar-refractivity contribution < 1.29 is 22.7 Å². The molecule has 150 valence electrons. The standard InChI is InChI=1S/C20H24N2O5S/c1-28(24,25)22(15-20(23)21-14-19-8-5-13-26-19)16-9-11-18(12-10-16)27-17-6-3-2-4-7-17/h2-4,6-7,9-12,19H,5,8,13-15H2,1H3,(H,21,23)/t19-/m1/s1. The molecule has 1 amide bonds. The van der Waals surface area contributed by atoms with E-state index in [1.807, 2.05) is 30.3 Å². The van der Waals surface area contributed by atoms with Crippen LogP contribution in [0.4, 0.5) is 5.69 Å². The maximum Gasteiger partial charge on any atom is 0.240 e. The van der Waals surface area contributed by atoms with Gasteiger partial charge >= 0.3 is 0 Å². The van der Waals surface area contributed by atoms with Crippen molar-refractivity contribution in [2.75, 3.05) is 30.3 Å². The lowest BCUT2D eigenvalue weighted by Gasteiger charge is -2.22. The summed E-state index contributed by atoms with van der Waals surface area (Å²) >= 11 is 0. The first-order chi connectivity index (χ1) is 13.4. The van der Waals surface area contributed by atoms with Crippen molar-refractivity contribution in [3.63, 3.8) is 0 Å². The first kappa shape index (κ1) is 20.2. The molecular formula is C20H24N2O5S. The molecule has 0 aromatic heterocycles. The number of carbonyl (C=O) groups is 1. The summed E-state index contributed by atoms with van der Waals surface area (Å²) in [4.78, 5) is 12.2. The quantitative estimate of drug-likeness (QED) is 0.731. The number of para-hydroxylation sites is 1. The Labute approximate surface area is 165 Å². The van der Waals surface area contributed by atoms with Gasteiger partial charge in [0.15, 0.2) is 0 Å². The zero-order valence-corrected chi connectivity index (χ0v) is 16.5. The number of anilines is 1. The van der Waals surface area contributed by atoms with Gasteiger partial charge in [-0.15, -0.1) is 0 Å². The summed E-state index contributed by atoms with van der Waals surface area (Å²) in [5.41, 5.74) is 0.398. The molecule has 0 saturated carbocycles. The first-order valence-electron chi connectivity index (χ1n) is 9.11. The Bertz CT molecular complexity index is 879. The average molecular weight is 404 g/mol. The third-order valence-electron chi connectivity index (χ3n) is 4.34. The molecule has 1 N–H and O–H groups in total. The summed E-state index contributed by atoms with van der Waals surface area (Å²) in [5, 5.41) is 2.75. The number of ether oxygens (including phenoxy) is 2. The van der Waals surface area contributed by atoms with Crippen LogP contribution in [0.1, 0.15) is 12.8 Å². The van der Waals surface area contributed by atoms with E-state index in [9.17, 15) is 13.2 Å². The van der Waals surface area contributed by atoms with Gasteiger partial charge in [-0.2, -0.15) is 0 Å². The minimum Gasteiger partial charge on any atom is -0.457 e. The molecule has 0 aliphatic carbocycles. The van der Waals surface area contributed by atoms with Crippen LogP contribution in [-0.4, -0.2) is 46.4 Å². The Morgan fingerprint density at radius 3 is 2.43 bits per heavy atom. The molecule has 1 aliphatic heterocycles. The van der Waals surface area contributed by atoms with E-state index in [2.05, 4.69) is 5.32 Å². The van der Waals surface area contributed by atoms with Gasteiger partial charge in [0.05, 0.1) is 18.0 Å². The van der Waals surface area contributed by atoms with Crippen LogP contribution in [0.15, 0.2) is 54.6 Å². The summed E-state index contributed by atoms with van der Waals surface area (Å²) in [6.07, 6.45) is 2.96. The van der Waals surface area contributed by atoms with Crippen LogP contribution < -0.4 is 14.4 Å². The third-order valence-corrected chi connectivity index (χ3v) is 5.48. The van der Waals surface area contributed by atoms with Crippen LogP contribution in [0, 0.1) is 0 Å². The number of sulfonamides is 1. The SMILES string of the molecule is CS(=O)(=O)N(CC(=O)NC[C@H]1CCCO1)c1ccc(Oc2ccccc2)cc1.